The van der Waals surface area contributed by atoms with E-state index < -0.39 is 9.84 Å². The van der Waals surface area contributed by atoms with Crippen molar-refractivity contribution in [3.8, 4) is 16.9 Å². The molecule has 3 nitrogen and oxygen atoms in total. The van der Waals surface area contributed by atoms with Gasteiger partial charge in [-0.15, -0.1) is 0 Å². The minimum absolute atomic E-state index is 0.218. The molecule has 0 aromatic heterocycles. The predicted molar refractivity (Wildman–Crippen MR) is 94.4 cm³/mol. The third-order valence-electron chi connectivity index (χ3n) is 3.93. The summed E-state index contributed by atoms with van der Waals surface area (Å²) in [6.45, 7) is 2.15. The molecule has 0 amide bonds. The number of hydrogen-bond acceptors (Lipinski definition) is 3. The molecule has 4 heteroatoms. The monoisotopic (exact) mass is 332 g/mol. The zero-order valence-electron chi connectivity index (χ0n) is 13.5. The molecular weight excluding hydrogens is 308 g/mol. The Hall–Kier alpha value is -1.81. The Morgan fingerprint density at radius 1 is 0.783 bits per heavy atom. The van der Waals surface area contributed by atoms with Crippen LogP contribution in [0.25, 0.3) is 11.1 Å². The van der Waals surface area contributed by atoms with E-state index in [2.05, 4.69) is 6.92 Å². The third-order valence-corrected chi connectivity index (χ3v) is 5.75. The first kappa shape index (κ1) is 17.5. The topological polar surface area (TPSA) is 54.4 Å². The zero-order valence-corrected chi connectivity index (χ0v) is 14.3. The number of aromatic hydroxyl groups is 1. The van der Waals surface area contributed by atoms with Gasteiger partial charge in [-0.25, -0.2) is 8.42 Å². The number of phenols is 1. The molecule has 0 radical (unpaired) electrons. The van der Waals surface area contributed by atoms with E-state index in [1.165, 1.54) is 6.42 Å². The molecule has 2 aromatic rings. The van der Waals surface area contributed by atoms with Crippen molar-refractivity contribution >= 4 is 9.84 Å². The maximum absolute atomic E-state index is 12.3. The fourth-order valence-corrected chi connectivity index (χ4v) is 3.89. The van der Waals surface area contributed by atoms with Crippen molar-refractivity contribution in [2.75, 3.05) is 5.75 Å². The molecule has 0 atom stereocenters. The lowest BCUT2D eigenvalue weighted by Crippen LogP contribution is -2.06. The van der Waals surface area contributed by atoms with Gasteiger partial charge in [0.2, 0.25) is 0 Å². The summed E-state index contributed by atoms with van der Waals surface area (Å²) >= 11 is 0. The normalized spacial score (nSPS) is 11.5. The molecule has 2 aromatic carbocycles. The molecule has 0 heterocycles. The van der Waals surface area contributed by atoms with Gasteiger partial charge >= 0.3 is 0 Å². The number of sulfone groups is 1. The van der Waals surface area contributed by atoms with E-state index in [1.807, 2.05) is 24.3 Å². The molecule has 0 bridgehead atoms. The fraction of sp³-hybridized carbons (Fsp3) is 0.368. The highest BCUT2D eigenvalue weighted by Crippen LogP contribution is 2.24. The van der Waals surface area contributed by atoms with Gasteiger partial charge in [0.25, 0.3) is 0 Å². The summed E-state index contributed by atoms with van der Waals surface area (Å²) in [7, 11) is -3.19. The van der Waals surface area contributed by atoms with Gasteiger partial charge in [0.1, 0.15) is 5.75 Å². The van der Waals surface area contributed by atoms with Gasteiger partial charge in [-0.3, -0.25) is 0 Å². The van der Waals surface area contributed by atoms with Gasteiger partial charge in [-0.2, -0.15) is 0 Å². The molecule has 0 saturated carbocycles. The van der Waals surface area contributed by atoms with Crippen LogP contribution in [0.1, 0.15) is 39.0 Å². The largest absolute Gasteiger partial charge is 0.508 e. The Labute approximate surface area is 138 Å². The predicted octanol–water partition coefficient (Wildman–Crippen LogP) is 4.80. The van der Waals surface area contributed by atoms with E-state index >= 15 is 0 Å². The SMILES string of the molecule is CCCCCCCS(=O)(=O)c1ccc(-c2ccc(O)cc2)cc1. The molecule has 0 spiro atoms. The average molecular weight is 332 g/mol. The molecule has 1 N–H and O–H groups in total. The maximum atomic E-state index is 12.3. The van der Waals surface area contributed by atoms with Crippen molar-refractivity contribution in [2.24, 2.45) is 0 Å². The highest BCUT2D eigenvalue weighted by molar-refractivity contribution is 7.91. The summed E-state index contributed by atoms with van der Waals surface area (Å²) < 4.78 is 24.6. The zero-order chi connectivity index (χ0) is 16.7. The van der Waals surface area contributed by atoms with Crippen molar-refractivity contribution in [1.29, 1.82) is 0 Å². The van der Waals surface area contributed by atoms with Gasteiger partial charge in [-0.05, 0) is 41.8 Å². The van der Waals surface area contributed by atoms with Crippen LogP contribution in [-0.2, 0) is 9.84 Å². The van der Waals surface area contributed by atoms with Crippen LogP contribution in [0, 0.1) is 0 Å². The smallest absolute Gasteiger partial charge is 0.178 e. The Bertz CT molecular complexity index is 701. The van der Waals surface area contributed by atoms with Crippen LogP contribution in [0.2, 0.25) is 0 Å². The van der Waals surface area contributed by atoms with E-state index in [4.69, 9.17) is 0 Å². The van der Waals surface area contributed by atoms with Gasteiger partial charge in [0, 0.05) is 0 Å². The van der Waals surface area contributed by atoms with Crippen LogP contribution in [0.3, 0.4) is 0 Å². The third kappa shape index (κ3) is 5.10. The molecule has 0 fully saturated rings. The van der Waals surface area contributed by atoms with Gasteiger partial charge in [0.05, 0.1) is 10.6 Å². The van der Waals surface area contributed by atoms with Gasteiger partial charge in [-0.1, -0.05) is 56.9 Å². The number of hydrogen-bond donors (Lipinski definition) is 1. The van der Waals surface area contributed by atoms with E-state index in [0.717, 1.165) is 36.8 Å². The standard InChI is InChI=1S/C19H24O3S/c1-2-3-4-5-6-15-23(21,22)19-13-9-17(10-14-19)16-7-11-18(20)12-8-16/h7-14,20H,2-6,15H2,1H3. The highest BCUT2D eigenvalue weighted by Gasteiger charge is 2.13. The second-order valence-electron chi connectivity index (χ2n) is 5.80. The summed E-state index contributed by atoms with van der Waals surface area (Å²) in [4.78, 5) is 0.385. The fourth-order valence-electron chi connectivity index (χ4n) is 2.52. The van der Waals surface area contributed by atoms with Crippen LogP contribution in [-0.4, -0.2) is 19.3 Å². The highest BCUT2D eigenvalue weighted by atomic mass is 32.2. The van der Waals surface area contributed by atoms with Crippen LogP contribution >= 0.6 is 0 Å². The molecular formula is C19H24O3S. The molecule has 0 saturated heterocycles. The van der Waals surface area contributed by atoms with Crippen LogP contribution < -0.4 is 0 Å². The van der Waals surface area contributed by atoms with Crippen molar-refractivity contribution in [3.05, 3.63) is 48.5 Å². The maximum Gasteiger partial charge on any atom is 0.178 e. The Morgan fingerprint density at radius 2 is 1.30 bits per heavy atom. The van der Waals surface area contributed by atoms with Gasteiger partial charge in [0.15, 0.2) is 9.84 Å². The second-order valence-corrected chi connectivity index (χ2v) is 7.91. The van der Waals surface area contributed by atoms with Crippen LogP contribution in [0.5, 0.6) is 5.75 Å². The van der Waals surface area contributed by atoms with E-state index in [9.17, 15) is 13.5 Å². The molecule has 0 aliphatic heterocycles. The summed E-state index contributed by atoms with van der Waals surface area (Å²) in [5, 5.41) is 9.31. The van der Waals surface area contributed by atoms with E-state index in [-0.39, 0.29) is 11.5 Å². The molecule has 0 unspecified atom stereocenters. The summed E-state index contributed by atoms with van der Waals surface area (Å²) in [6, 6.07) is 13.8. The molecule has 0 aliphatic carbocycles. The number of benzene rings is 2. The molecule has 124 valence electrons. The lowest BCUT2D eigenvalue weighted by atomic mass is 10.1. The summed E-state index contributed by atoms with van der Waals surface area (Å²) in [5.74, 6) is 0.436. The average Bonchev–Trinajstić information content (AvgIpc) is 2.55. The first-order chi connectivity index (χ1) is 11.0. The second kappa shape index (κ2) is 8.16. The lowest BCUT2D eigenvalue weighted by molar-refractivity contribution is 0.475. The molecule has 23 heavy (non-hydrogen) atoms. The Balaban J connectivity index is 2.02. The Morgan fingerprint density at radius 3 is 1.87 bits per heavy atom. The molecule has 0 aliphatic rings. The van der Waals surface area contributed by atoms with Crippen LogP contribution in [0.4, 0.5) is 0 Å². The van der Waals surface area contributed by atoms with Crippen molar-refractivity contribution < 1.29 is 13.5 Å². The number of rotatable bonds is 8. The summed E-state index contributed by atoms with van der Waals surface area (Å²) in [6.07, 6.45) is 5.12. The first-order valence-corrected chi connectivity index (χ1v) is 9.80. The number of phenolic OH excluding ortho intramolecular Hbond substituents is 1. The Kier molecular flexibility index (Phi) is 6.22. The van der Waals surface area contributed by atoms with Crippen LogP contribution in [0.15, 0.2) is 53.4 Å². The number of unbranched alkanes of at least 4 members (excludes halogenated alkanes) is 4. The minimum atomic E-state index is -3.19. The van der Waals surface area contributed by atoms with Crippen molar-refractivity contribution in [2.45, 2.75) is 43.9 Å². The van der Waals surface area contributed by atoms with Gasteiger partial charge < -0.3 is 5.11 Å². The summed E-state index contributed by atoms with van der Waals surface area (Å²) in [5.41, 5.74) is 1.89. The van der Waals surface area contributed by atoms with E-state index in [1.54, 1.807) is 24.3 Å². The van der Waals surface area contributed by atoms with Crippen molar-refractivity contribution in [3.63, 3.8) is 0 Å². The minimum Gasteiger partial charge on any atom is -0.508 e. The lowest BCUT2D eigenvalue weighted by Gasteiger charge is -2.07. The van der Waals surface area contributed by atoms with E-state index in [0.29, 0.717) is 4.90 Å². The molecule has 2 rings (SSSR count). The quantitative estimate of drug-likeness (QED) is 0.706. The first-order valence-electron chi connectivity index (χ1n) is 8.15. The van der Waals surface area contributed by atoms with Crippen molar-refractivity contribution in [1.82, 2.24) is 0 Å².